The summed E-state index contributed by atoms with van der Waals surface area (Å²) in [5.41, 5.74) is 3.34. The first-order valence-corrected chi connectivity index (χ1v) is 9.41. The molecular formula is C20H14ClN3O2S. The zero-order chi connectivity index (χ0) is 19.0. The zero-order valence-corrected chi connectivity index (χ0v) is 15.7. The van der Waals surface area contributed by atoms with Gasteiger partial charge in [0.1, 0.15) is 6.54 Å². The summed E-state index contributed by atoms with van der Waals surface area (Å²) in [6.07, 6.45) is 0. The van der Waals surface area contributed by atoms with Crippen LogP contribution in [0, 0.1) is 0 Å². The van der Waals surface area contributed by atoms with Crippen molar-refractivity contribution < 1.29 is 9.59 Å². The molecule has 1 aliphatic heterocycles. The summed E-state index contributed by atoms with van der Waals surface area (Å²) < 4.78 is 0. The van der Waals surface area contributed by atoms with Crippen molar-refractivity contribution in [2.45, 2.75) is 0 Å². The minimum Gasteiger partial charge on any atom is -0.300 e. The van der Waals surface area contributed by atoms with Gasteiger partial charge in [-0.2, -0.15) is 0 Å². The molecule has 0 unspecified atom stereocenters. The Morgan fingerprint density at radius 3 is 2.48 bits per heavy atom. The van der Waals surface area contributed by atoms with E-state index in [1.54, 1.807) is 18.2 Å². The van der Waals surface area contributed by atoms with Crippen molar-refractivity contribution in [2.24, 2.45) is 0 Å². The van der Waals surface area contributed by atoms with E-state index in [0.717, 1.165) is 11.1 Å². The lowest BCUT2D eigenvalue weighted by Crippen LogP contribution is -2.32. The fourth-order valence-corrected chi connectivity index (χ4v) is 3.89. The fourth-order valence-electron chi connectivity index (χ4n) is 2.93. The normalized spacial score (nSPS) is 13.0. The molecule has 2 heterocycles. The maximum absolute atomic E-state index is 12.5. The molecule has 0 bridgehead atoms. The van der Waals surface area contributed by atoms with Gasteiger partial charge in [-0.3, -0.25) is 14.5 Å². The first-order chi connectivity index (χ1) is 13.0. The van der Waals surface area contributed by atoms with Gasteiger partial charge in [-0.25, -0.2) is 4.98 Å². The SMILES string of the molecule is C=C1c2ccccc2C(=O)N1CC(=O)Nc1nc(-c2ccccc2Cl)cs1. The van der Waals surface area contributed by atoms with Crippen LogP contribution in [0.1, 0.15) is 15.9 Å². The Bertz CT molecular complexity index is 1040. The van der Waals surface area contributed by atoms with Gasteiger partial charge in [0.15, 0.2) is 5.13 Å². The Hall–Kier alpha value is -2.96. The Kier molecular flexibility index (Phi) is 4.51. The highest BCUT2D eigenvalue weighted by Crippen LogP contribution is 2.32. The number of fused-ring (bicyclic) bond motifs is 1. The van der Waals surface area contributed by atoms with Gasteiger partial charge in [-0.1, -0.05) is 54.6 Å². The molecule has 2 aromatic carbocycles. The van der Waals surface area contributed by atoms with Gasteiger partial charge in [0, 0.05) is 32.8 Å². The van der Waals surface area contributed by atoms with Crippen molar-refractivity contribution in [3.63, 3.8) is 0 Å². The number of hydrogen-bond donors (Lipinski definition) is 1. The first-order valence-electron chi connectivity index (χ1n) is 8.15. The van der Waals surface area contributed by atoms with E-state index < -0.39 is 0 Å². The highest BCUT2D eigenvalue weighted by Gasteiger charge is 2.31. The molecule has 0 fully saturated rings. The van der Waals surface area contributed by atoms with E-state index in [0.29, 0.717) is 27.1 Å². The van der Waals surface area contributed by atoms with Crippen LogP contribution in [0.3, 0.4) is 0 Å². The van der Waals surface area contributed by atoms with Crippen molar-refractivity contribution in [1.29, 1.82) is 0 Å². The van der Waals surface area contributed by atoms with Gasteiger partial charge in [-0.05, 0) is 12.1 Å². The third-order valence-corrected chi connectivity index (χ3v) is 5.33. The monoisotopic (exact) mass is 395 g/mol. The second-order valence-corrected chi connectivity index (χ2v) is 7.21. The van der Waals surface area contributed by atoms with Crippen molar-refractivity contribution in [2.75, 3.05) is 11.9 Å². The second kappa shape index (κ2) is 6.98. The number of hydrogen-bond acceptors (Lipinski definition) is 4. The number of aromatic nitrogens is 1. The standard InChI is InChI=1S/C20H14ClN3O2S/c1-12-13-6-2-3-7-14(13)19(26)24(12)10-18(25)23-20-22-17(11-27-20)15-8-4-5-9-16(15)21/h2-9,11H,1,10H2,(H,22,23,25). The van der Waals surface area contributed by atoms with E-state index in [2.05, 4.69) is 16.9 Å². The van der Waals surface area contributed by atoms with Crippen LogP contribution in [-0.4, -0.2) is 28.2 Å². The Labute approximate surface area is 164 Å². The van der Waals surface area contributed by atoms with Crippen LogP contribution in [0.15, 0.2) is 60.5 Å². The van der Waals surface area contributed by atoms with Crippen LogP contribution in [0.4, 0.5) is 5.13 Å². The maximum atomic E-state index is 12.5. The number of anilines is 1. The summed E-state index contributed by atoms with van der Waals surface area (Å²) in [7, 11) is 0. The molecule has 1 N–H and O–H groups in total. The van der Waals surface area contributed by atoms with Crippen molar-refractivity contribution >= 4 is 45.6 Å². The van der Waals surface area contributed by atoms with Crippen molar-refractivity contribution in [1.82, 2.24) is 9.88 Å². The van der Waals surface area contributed by atoms with Gasteiger partial charge in [0.2, 0.25) is 5.91 Å². The summed E-state index contributed by atoms with van der Waals surface area (Å²) in [6, 6.07) is 14.6. The molecule has 0 saturated carbocycles. The quantitative estimate of drug-likeness (QED) is 0.706. The summed E-state index contributed by atoms with van der Waals surface area (Å²) in [4.78, 5) is 30.7. The molecule has 4 rings (SSSR count). The number of rotatable bonds is 4. The minimum absolute atomic E-state index is 0.118. The fraction of sp³-hybridized carbons (Fsp3) is 0.0500. The average molecular weight is 396 g/mol. The van der Waals surface area contributed by atoms with Gasteiger partial charge in [-0.15, -0.1) is 11.3 Å². The third kappa shape index (κ3) is 3.25. The van der Waals surface area contributed by atoms with E-state index >= 15 is 0 Å². The van der Waals surface area contributed by atoms with E-state index in [9.17, 15) is 9.59 Å². The molecule has 0 radical (unpaired) electrons. The Morgan fingerprint density at radius 1 is 1.11 bits per heavy atom. The predicted molar refractivity (Wildman–Crippen MR) is 108 cm³/mol. The highest BCUT2D eigenvalue weighted by atomic mass is 35.5. The van der Waals surface area contributed by atoms with Gasteiger partial charge >= 0.3 is 0 Å². The summed E-state index contributed by atoms with van der Waals surface area (Å²) in [5.74, 6) is -0.556. The molecule has 5 nitrogen and oxygen atoms in total. The molecular weight excluding hydrogens is 382 g/mol. The predicted octanol–water partition coefficient (Wildman–Crippen LogP) is 4.53. The van der Waals surface area contributed by atoms with E-state index in [1.165, 1.54) is 16.2 Å². The molecule has 0 aliphatic carbocycles. The van der Waals surface area contributed by atoms with Crippen LogP contribution in [0.25, 0.3) is 17.0 Å². The molecule has 0 atom stereocenters. The molecule has 7 heteroatoms. The Balaban J connectivity index is 1.46. The zero-order valence-electron chi connectivity index (χ0n) is 14.1. The maximum Gasteiger partial charge on any atom is 0.259 e. The van der Waals surface area contributed by atoms with Crippen molar-refractivity contribution in [3.8, 4) is 11.3 Å². The molecule has 1 aliphatic rings. The van der Waals surface area contributed by atoms with Crippen LogP contribution >= 0.6 is 22.9 Å². The van der Waals surface area contributed by atoms with Crippen LogP contribution in [0.5, 0.6) is 0 Å². The highest BCUT2D eigenvalue weighted by molar-refractivity contribution is 7.14. The van der Waals surface area contributed by atoms with E-state index in [-0.39, 0.29) is 18.4 Å². The molecule has 134 valence electrons. The molecule has 1 aromatic heterocycles. The number of carbonyl (C=O) groups excluding carboxylic acids is 2. The number of carbonyl (C=O) groups is 2. The molecule has 2 amide bonds. The number of nitrogens with zero attached hydrogens (tertiary/aromatic N) is 2. The summed E-state index contributed by atoms with van der Waals surface area (Å²) in [6.45, 7) is 3.82. The lowest BCUT2D eigenvalue weighted by molar-refractivity contribution is -0.116. The van der Waals surface area contributed by atoms with Gasteiger partial charge in [0.05, 0.1) is 5.69 Å². The number of benzene rings is 2. The number of thiazole rings is 1. The van der Waals surface area contributed by atoms with Crippen molar-refractivity contribution in [3.05, 3.63) is 76.6 Å². The number of nitrogens with one attached hydrogen (secondary N) is 1. The molecule has 27 heavy (non-hydrogen) atoms. The lowest BCUT2D eigenvalue weighted by atomic mass is 10.1. The topological polar surface area (TPSA) is 62.3 Å². The first kappa shape index (κ1) is 17.5. The molecule has 0 saturated heterocycles. The third-order valence-electron chi connectivity index (χ3n) is 4.24. The van der Waals surface area contributed by atoms with E-state index in [1.807, 2.05) is 35.7 Å². The smallest absolute Gasteiger partial charge is 0.259 e. The molecule has 0 spiro atoms. The largest absolute Gasteiger partial charge is 0.300 e. The Morgan fingerprint density at radius 2 is 1.78 bits per heavy atom. The van der Waals surface area contributed by atoms with Crippen LogP contribution < -0.4 is 5.32 Å². The van der Waals surface area contributed by atoms with Crippen LogP contribution in [0.2, 0.25) is 5.02 Å². The summed E-state index contributed by atoms with van der Waals surface area (Å²) in [5, 5.41) is 5.61. The second-order valence-electron chi connectivity index (χ2n) is 5.95. The average Bonchev–Trinajstić information content (AvgIpc) is 3.21. The minimum atomic E-state index is -0.336. The summed E-state index contributed by atoms with van der Waals surface area (Å²) >= 11 is 7.49. The van der Waals surface area contributed by atoms with Gasteiger partial charge in [0.25, 0.3) is 5.91 Å². The number of halogens is 1. The number of amides is 2. The van der Waals surface area contributed by atoms with Gasteiger partial charge < -0.3 is 5.32 Å². The lowest BCUT2D eigenvalue weighted by Gasteiger charge is -2.16. The van der Waals surface area contributed by atoms with Crippen LogP contribution in [-0.2, 0) is 4.79 Å². The molecule has 3 aromatic rings. The van der Waals surface area contributed by atoms with E-state index in [4.69, 9.17) is 11.6 Å².